The van der Waals surface area contributed by atoms with Gasteiger partial charge in [0.25, 0.3) is 0 Å². The number of rotatable bonds is 6. The average Bonchev–Trinajstić information content (AvgIpc) is 3.31. The van der Waals surface area contributed by atoms with Gasteiger partial charge in [-0.1, -0.05) is 48.5 Å². The van der Waals surface area contributed by atoms with Crippen molar-refractivity contribution < 1.29 is 13.2 Å². The third-order valence-corrected chi connectivity index (χ3v) is 7.57. The van der Waals surface area contributed by atoms with Gasteiger partial charge in [-0.3, -0.25) is 9.69 Å². The molecule has 0 aromatic heterocycles. The topological polar surface area (TPSA) is 69.7 Å². The minimum Gasteiger partial charge on any atom is -0.341 e. The Kier molecular flexibility index (Phi) is 6.51. The predicted octanol–water partition coefficient (Wildman–Crippen LogP) is 2.79. The number of likely N-dealkylation sites (tertiary alicyclic amines) is 2. The van der Waals surface area contributed by atoms with E-state index in [0.717, 1.165) is 31.5 Å². The van der Waals surface area contributed by atoms with Gasteiger partial charge in [0.05, 0.1) is 4.90 Å². The van der Waals surface area contributed by atoms with Crippen molar-refractivity contribution in [2.75, 3.05) is 26.2 Å². The maximum Gasteiger partial charge on any atom is 0.244 e. The fraction of sp³-hybridized carbons (Fsp3) is 0.435. The molecule has 2 aromatic rings. The molecule has 0 radical (unpaired) electrons. The lowest BCUT2D eigenvalue weighted by molar-refractivity contribution is -0.136. The smallest absolute Gasteiger partial charge is 0.244 e. The van der Waals surface area contributed by atoms with Crippen LogP contribution in [0.3, 0.4) is 0 Å². The summed E-state index contributed by atoms with van der Waals surface area (Å²) >= 11 is 0. The van der Waals surface area contributed by atoms with Crippen LogP contribution in [0.5, 0.6) is 0 Å². The molecule has 4 rings (SSSR count). The highest BCUT2D eigenvalue weighted by atomic mass is 32.2. The van der Waals surface area contributed by atoms with Gasteiger partial charge in [-0.05, 0) is 43.4 Å². The molecule has 160 valence electrons. The lowest BCUT2D eigenvalue weighted by Gasteiger charge is -2.38. The van der Waals surface area contributed by atoms with E-state index in [1.807, 2.05) is 35.2 Å². The molecule has 2 saturated heterocycles. The summed E-state index contributed by atoms with van der Waals surface area (Å²) in [5, 5.41) is 0. The summed E-state index contributed by atoms with van der Waals surface area (Å²) in [7, 11) is -3.52. The predicted molar refractivity (Wildman–Crippen MR) is 116 cm³/mol. The fourth-order valence-electron chi connectivity index (χ4n) is 4.42. The van der Waals surface area contributed by atoms with Gasteiger partial charge in [-0.25, -0.2) is 13.1 Å². The van der Waals surface area contributed by atoms with Crippen molar-refractivity contribution in [3.63, 3.8) is 0 Å². The molecule has 2 aliphatic heterocycles. The first-order valence-electron chi connectivity index (χ1n) is 10.7. The Bertz CT molecular complexity index is 936. The highest BCUT2D eigenvalue weighted by Gasteiger charge is 2.35. The summed E-state index contributed by atoms with van der Waals surface area (Å²) in [6, 6.07) is 18.0. The van der Waals surface area contributed by atoms with Crippen molar-refractivity contribution in [3.8, 4) is 0 Å². The Morgan fingerprint density at radius 2 is 1.43 bits per heavy atom. The molecule has 2 aliphatic rings. The van der Waals surface area contributed by atoms with Crippen LogP contribution in [0.25, 0.3) is 0 Å². The minimum absolute atomic E-state index is 0.121. The van der Waals surface area contributed by atoms with Crippen molar-refractivity contribution >= 4 is 15.9 Å². The summed E-state index contributed by atoms with van der Waals surface area (Å²) in [6.45, 7) is 3.02. The molecule has 2 fully saturated rings. The summed E-state index contributed by atoms with van der Waals surface area (Å²) < 4.78 is 28.1. The Morgan fingerprint density at radius 3 is 2.03 bits per heavy atom. The van der Waals surface area contributed by atoms with Crippen molar-refractivity contribution in [3.05, 3.63) is 66.2 Å². The summed E-state index contributed by atoms with van der Waals surface area (Å²) in [6.07, 6.45) is 3.50. The van der Waals surface area contributed by atoms with Crippen LogP contribution in [0.2, 0.25) is 0 Å². The minimum atomic E-state index is -3.52. The first kappa shape index (κ1) is 21.0. The van der Waals surface area contributed by atoms with Gasteiger partial charge >= 0.3 is 0 Å². The quantitative estimate of drug-likeness (QED) is 0.770. The fourth-order valence-corrected chi connectivity index (χ4v) is 5.74. The molecule has 0 saturated carbocycles. The lowest BCUT2D eigenvalue weighted by Crippen LogP contribution is -2.49. The van der Waals surface area contributed by atoms with Crippen LogP contribution in [0.15, 0.2) is 65.6 Å². The van der Waals surface area contributed by atoms with E-state index >= 15 is 0 Å². The highest BCUT2D eigenvalue weighted by Crippen LogP contribution is 2.28. The zero-order valence-corrected chi connectivity index (χ0v) is 17.9. The van der Waals surface area contributed by atoms with Crippen molar-refractivity contribution in [1.82, 2.24) is 14.5 Å². The Labute approximate surface area is 178 Å². The molecular formula is C23H29N3O3S. The molecule has 0 spiro atoms. The van der Waals surface area contributed by atoms with Crippen LogP contribution in [0.4, 0.5) is 0 Å². The maximum atomic E-state index is 13.3. The molecule has 1 N–H and O–H groups in total. The third-order valence-electron chi connectivity index (χ3n) is 6.04. The van der Waals surface area contributed by atoms with Crippen molar-refractivity contribution in [2.24, 2.45) is 0 Å². The second-order valence-electron chi connectivity index (χ2n) is 8.09. The van der Waals surface area contributed by atoms with Crippen LogP contribution in [-0.4, -0.2) is 56.3 Å². The number of amides is 1. The first-order chi connectivity index (χ1) is 14.5. The molecule has 0 aliphatic carbocycles. The van der Waals surface area contributed by atoms with E-state index in [1.165, 1.54) is 0 Å². The molecular weight excluding hydrogens is 398 g/mol. The molecule has 1 amide bonds. The largest absolute Gasteiger partial charge is 0.341 e. The van der Waals surface area contributed by atoms with Crippen LogP contribution >= 0.6 is 0 Å². The van der Waals surface area contributed by atoms with E-state index < -0.39 is 10.0 Å². The van der Waals surface area contributed by atoms with Gasteiger partial charge in [-0.2, -0.15) is 0 Å². The van der Waals surface area contributed by atoms with Crippen molar-refractivity contribution in [1.29, 1.82) is 0 Å². The number of sulfonamides is 1. The number of benzene rings is 2. The van der Waals surface area contributed by atoms with E-state index in [2.05, 4.69) is 9.62 Å². The number of nitrogens with one attached hydrogen (secondary N) is 1. The van der Waals surface area contributed by atoms with E-state index in [1.54, 1.807) is 30.3 Å². The monoisotopic (exact) mass is 427 g/mol. The highest BCUT2D eigenvalue weighted by molar-refractivity contribution is 7.89. The van der Waals surface area contributed by atoms with Gasteiger partial charge < -0.3 is 4.90 Å². The zero-order chi connectivity index (χ0) is 21.0. The number of carbonyl (C=O) groups is 1. The van der Waals surface area contributed by atoms with E-state index in [0.29, 0.717) is 30.8 Å². The summed E-state index contributed by atoms with van der Waals surface area (Å²) in [5.74, 6) is 0.169. The third kappa shape index (κ3) is 4.74. The van der Waals surface area contributed by atoms with E-state index in [4.69, 9.17) is 0 Å². The van der Waals surface area contributed by atoms with Crippen LogP contribution in [0, 0.1) is 0 Å². The summed E-state index contributed by atoms with van der Waals surface area (Å²) in [5.41, 5.74) is 1.01. The number of nitrogens with zero attached hydrogens (tertiary/aromatic N) is 2. The Hall–Kier alpha value is -2.22. The molecule has 1 atom stereocenters. The number of carbonyl (C=O) groups excluding carboxylic acids is 1. The Morgan fingerprint density at radius 1 is 0.867 bits per heavy atom. The Balaban J connectivity index is 1.44. The van der Waals surface area contributed by atoms with Crippen LogP contribution in [0.1, 0.15) is 37.3 Å². The van der Waals surface area contributed by atoms with Crippen LogP contribution < -0.4 is 4.72 Å². The molecule has 7 heteroatoms. The number of hydrogen-bond donors (Lipinski definition) is 1. The van der Waals surface area contributed by atoms with Gasteiger partial charge in [0, 0.05) is 32.2 Å². The maximum absolute atomic E-state index is 13.3. The molecule has 6 nitrogen and oxygen atoms in total. The second-order valence-corrected chi connectivity index (χ2v) is 9.80. The summed E-state index contributed by atoms with van der Waals surface area (Å²) in [4.78, 5) is 17.8. The molecule has 2 heterocycles. The van der Waals surface area contributed by atoms with E-state index in [-0.39, 0.29) is 18.0 Å². The zero-order valence-electron chi connectivity index (χ0n) is 17.1. The standard InChI is InChI=1S/C23H29N3O3S/c27-23(26-15-7-8-16-26)22(19-9-3-1-4-10-19)25-17-13-20(14-18-25)24-30(28,29)21-11-5-2-6-12-21/h1-6,9-12,20,22,24H,7-8,13-18H2. The van der Waals surface area contributed by atoms with Crippen LogP contribution in [-0.2, 0) is 14.8 Å². The van der Waals surface area contributed by atoms with Gasteiger partial charge in [-0.15, -0.1) is 0 Å². The van der Waals surface area contributed by atoms with Gasteiger partial charge in [0.15, 0.2) is 0 Å². The molecule has 2 aromatic carbocycles. The second kappa shape index (κ2) is 9.29. The van der Waals surface area contributed by atoms with Gasteiger partial charge in [0.2, 0.25) is 15.9 Å². The van der Waals surface area contributed by atoms with Gasteiger partial charge in [0.1, 0.15) is 6.04 Å². The lowest BCUT2D eigenvalue weighted by atomic mass is 9.98. The van der Waals surface area contributed by atoms with E-state index in [9.17, 15) is 13.2 Å². The number of piperidine rings is 1. The van der Waals surface area contributed by atoms with Crippen molar-refractivity contribution in [2.45, 2.75) is 42.7 Å². The molecule has 0 bridgehead atoms. The molecule has 30 heavy (non-hydrogen) atoms. The average molecular weight is 428 g/mol. The number of hydrogen-bond acceptors (Lipinski definition) is 4. The SMILES string of the molecule is O=C(C(c1ccccc1)N1CCC(NS(=O)(=O)c2ccccc2)CC1)N1CCCC1. The first-order valence-corrected chi connectivity index (χ1v) is 12.2. The molecule has 1 unspecified atom stereocenters. The normalized spacial score (nSPS) is 19.7.